The van der Waals surface area contributed by atoms with Gasteiger partial charge in [-0.2, -0.15) is 5.26 Å². The van der Waals surface area contributed by atoms with Crippen molar-refractivity contribution in [3.05, 3.63) is 59.4 Å². The summed E-state index contributed by atoms with van der Waals surface area (Å²) in [5, 5.41) is 11.2. The van der Waals surface area contributed by atoms with Crippen molar-refractivity contribution < 1.29 is 13.9 Å². The normalized spacial score (nSPS) is 9.76. The fraction of sp³-hybridized carbons (Fsp3) is 0.125. The van der Waals surface area contributed by atoms with Gasteiger partial charge in [0.25, 0.3) is 5.91 Å². The van der Waals surface area contributed by atoms with E-state index >= 15 is 0 Å². The van der Waals surface area contributed by atoms with Gasteiger partial charge in [0.05, 0.1) is 5.69 Å². The highest BCUT2D eigenvalue weighted by Gasteiger charge is 2.11. The van der Waals surface area contributed by atoms with Crippen LogP contribution in [0.5, 0.6) is 5.75 Å². The standard InChI is InChI=1S/C16H13FN2O2/c1-11-8-12(10-13(17)9-11)16(20)19-14-4-2-3-5-15(14)21-7-6-18/h2-5,8-10H,7H2,1H3,(H,19,20). The number of halogens is 1. The average molecular weight is 284 g/mol. The van der Waals surface area contributed by atoms with Crippen LogP contribution in [0.1, 0.15) is 15.9 Å². The Labute approximate surface area is 121 Å². The van der Waals surface area contributed by atoms with E-state index in [0.717, 1.165) is 0 Å². The lowest BCUT2D eigenvalue weighted by atomic mass is 10.1. The fourth-order valence-corrected chi connectivity index (χ4v) is 1.87. The first-order valence-corrected chi connectivity index (χ1v) is 6.27. The fourth-order valence-electron chi connectivity index (χ4n) is 1.87. The lowest BCUT2D eigenvalue weighted by Gasteiger charge is -2.11. The minimum Gasteiger partial charge on any atom is -0.477 e. The maximum absolute atomic E-state index is 13.3. The van der Waals surface area contributed by atoms with Crippen LogP contribution in [0.25, 0.3) is 0 Å². The minimum atomic E-state index is -0.464. The molecule has 0 heterocycles. The third-order valence-corrected chi connectivity index (χ3v) is 2.73. The van der Waals surface area contributed by atoms with Crippen LogP contribution in [-0.2, 0) is 0 Å². The number of nitrogens with one attached hydrogen (secondary N) is 1. The van der Waals surface area contributed by atoms with Crippen LogP contribution in [0, 0.1) is 24.1 Å². The van der Waals surface area contributed by atoms with Crippen LogP contribution in [0.2, 0.25) is 0 Å². The molecule has 4 nitrogen and oxygen atoms in total. The molecule has 2 rings (SSSR count). The number of hydrogen-bond acceptors (Lipinski definition) is 3. The van der Waals surface area contributed by atoms with E-state index in [1.807, 2.05) is 6.07 Å². The number of anilines is 1. The van der Waals surface area contributed by atoms with E-state index in [4.69, 9.17) is 10.00 Å². The summed E-state index contributed by atoms with van der Waals surface area (Å²) in [4.78, 5) is 12.1. The van der Waals surface area contributed by atoms with E-state index in [-0.39, 0.29) is 12.2 Å². The number of ether oxygens (including phenoxy) is 1. The van der Waals surface area contributed by atoms with Gasteiger partial charge in [0, 0.05) is 5.56 Å². The van der Waals surface area contributed by atoms with Crippen molar-refractivity contribution in [2.45, 2.75) is 6.92 Å². The molecular weight excluding hydrogens is 271 g/mol. The van der Waals surface area contributed by atoms with Gasteiger partial charge >= 0.3 is 0 Å². The van der Waals surface area contributed by atoms with Gasteiger partial charge in [-0.05, 0) is 42.8 Å². The summed E-state index contributed by atoms with van der Waals surface area (Å²) in [6, 6.07) is 12.7. The zero-order valence-corrected chi connectivity index (χ0v) is 11.4. The van der Waals surface area contributed by atoms with Crippen molar-refractivity contribution in [3.63, 3.8) is 0 Å². The van der Waals surface area contributed by atoms with Crippen LogP contribution >= 0.6 is 0 Å². The molecule has 0 aliphatic rings. The van der Waals surface area contributed by atoms with Crippen LogP contribution in [-0.4, -0.2) is 12.5 Å². The molecule has 0 spiro atoms. The van der Waals surface area contributed by atoms with Crippen LogP contribution in [0.3, 0.4) is 0 Å². The van der Waals surface area contributed by atoms with E-state index in [0.29, 0.717) is 17.0 Å². The topological polar surface area (TPSA) is 62.1 Å². The molecule has 0 unspecified atom stereocenters. The number of rotatable bonds is 4. The van der Waals surface area contributed by atoms with Crippen molar-refractivity contribution in [3.8, 4) is 11.8 Å². The number of nitriles is 1. The Morgan fingerprint density at radius 1 is 1.33 bits per heavy atom. The van der Waals surface area contributed by atoms with Crippen LogP contribution in [0.15, 0.2) is 42.5 Å². The van der Waals surface area contributed by atoms with E-state index in [9.17, 15) is 9.18 Å². The molecule has 2 aromatic carbocycles. The van der Waals surface area contributed by atoms with Gasteiger partial charge < -0.3 is 10.1 Å². The number of hydrogen-bond donors (Lipinski definition) is 1. The molecule has 0 saturated carbocycles. The average Bonchev–Trinajstić information content (AvgIpc) is 2.45. The second kappa shape index (κ2) is 6.53. The van der Waals surface area contributed by atoms with Crippen LogP contribution in [0.4, 0.5) is 10.1 Å². The zero-order valence-electron chi connectivity index (χ0n) is 11.4. The number of amides is 1. The van der Waals surface area contributed by atoms with E-state index in [1.165, 1.54) is 12.1 Å². The highest BCUT2D eigenvalue weighted by molar-refractivity contribution is 6.05. The van der Waals surface area contributed by atoms with Gasteiger partial charge in [-0.3, -0.25) is 4.79 Å². The van der Waals surface area contributed by atoms with Gasteiger partial charge in [-0.15, -0.1) is 0 Å². The largest absolute Gasteiger partial charge is 0.477 e. The first-order valence-electron chi connectivity index (χ1n) is 6.27. The summed E-state index contributed by atoms with van der Waals surface area (Å²) in [6.45, 7) is 1.59. The van der Waals surface area contributed by atoms with E-state index < -0.39 is 11.7 Å². The molecule has 0 aliphatic heterocycles. The molecule has 0 fully saturated rings. The molecule has 0 saturated heterocycles. The zero-order chi connectivity index (χ0) is 15.2. The molecule has 1 amide bonds. The quantitative estimate of drug-likeness (QED) is 0.937. The first-order chi connectivity index (χ1) is 10.1. The summed E-state index contributed by atoms with van der Waals surface area (Å²) >= 11 is 0. The molecule has 21 heavy (non-hydrogen) atoms. The van der Waals surface area contributed by atoms with E-state index in [2.05, 4.69) is 5.32 Å². The summed E-state index contributed by atoms with van der Waals surface area (Å²) in [5.74, 6) is -0.514. The molecule has 106 valence electrons. The van der Waals surface area contributed by atoms with Gasteiger partial charge in [0.1, 0.15) is 17.6 Å². The number of nitrogens with zero attached hydrogens (tertiary/aromatic N) is 1. The predicted octanol–water partition coefficient (Wildman–Crippen LogP) is 3.29. The Morgan fingerprint density at radius 2 is 2.10 bits per heavy atom. The highest BCUT2D eigenvalue weighted by atomic mass is 19.1. The van der Waals surface area contributed by atoms with Gasteiger partial charge in [0.2, 0.25) is 0 Å². The summed E-state index contributed by atoms with van der Waals surface area (Å²) in [5.41, 5.74) is 1.32. The highest BCUT2D eigenvalue weighted by Crippen LogP contribution is 2.24. The smallest absolute Gasteiger partial charge is 0.255 e. The molecular formula is C16H13FN2O2. The maximum Gasteiger partial charge on any atom is 0.255 e. The molecule has 0 aromatic heterocycles. The molecule has 0 radical (unpaired) electrons. The third kappa shape index (κ3) is 3.80. The van der Waals surface area contributed by atoms with Crippen molar-refractivity contribution in [2.75, 3.05) is 11.9 Å². The number of aryl methyl sites for hydroxylation is 1. The van der Waals surface area contributed by atoms with Crippen molar-refractivity contribution in [1.82, 2.24) is 0 Å². The Balaban J connectivity index is 2.21. The molecule has 0 aliphatic carbocycles. The van der Waals surface area contributed by atoms with Gasteiger partial charge in [-0.25, -0.2) is 4.39 Å². The molecule has 1 N–H and O–H groups in total. The van der Waals surface area contributed by atoms with Gasteiger partial charge in [-0.1, -0.05) is 12.1 Å². The summed E-state index contributed by atoms with van der Waals surface area (Å²) < 4.78 is 18.6. The number of para-hydroxylation sites is 2. The first kappa shape index (κ1) is 14.5. The van der Waals surface area contributed by atoms with Crippen molar-refractivity contribution in [1.29, 1.82) is 5.26 Å². The van der Waals surface area contributed by atoms with E-state index in [1.54, 1.807) is 37.3 Å². The Kier molecular flexibility index (Phi) is 4.52. The SMILES string of the molecule is Cc1cc(F)cc(C(=O)Nc2ccccc2OCC#N)c1. The monoisotopic (exact) mass is 284 g/mol. The van der Waals surface area contributed by atoms with Crippen molar-refractivity contribution >= 4 is 11.6 Å². The third-order valence-electron chi connectivity index (χ3n) is 2.73. The molecule has 0 bridgehead atoms. The Morgan fingerprint density at radius 3 is 2.81 bits per heavy atom. The molecule has 5 heteroatoms. The molecule has 2 aromatic rings. The van der Waals surface area contributed by atoms with Gasteiger partial charge in [0.15, 0.2) is 6.61 Å². The predicted molar refractivity (Wildman–Crippen MR) is 76.6 cm³/mol. The second-order valence-electron chi connectivity index (χ2n) is 4.41. The minimum absolute atomic E-state index is 0.119. The molecule has 0 atom stereocenters. The maximum atomic E-state index is 13.3. The van der Waals surface area contributed by atoms with Crippen molar-refractivity contribution in [2.24, 2.45) is 0 Å². The van der Waals surface area contributed by atoms with Crippen LogP contribution < -0.4 is 10.1 Å². The Hall–Kier alpha value is -2.87. The lowest BCUT2D eigenvalue weighted by molar-refractivity contribution is 0.102. The summed E-state index contributed by atoms with van der Waals surface area (Å²) in [7, 11) is 0. The lowest BCUT2D eigenvalue weighted by Crippen LogP contribution is -2.13. The number of carbonyl (C=O) groups is 1. The Bertz CT molecular complexity index is 687. The second-order valence-corrected chi connectivity index (χ2v) is 4.41. The number of carbonyl (C=O) groups excluding carboxylic acids is 1. The number of benzene rings is 2. The summed E-state index contributed by atoms with van der Waals surface area (Å²) in [6.07, 6.45) is 0.